The SMILES string of the molecule is NC[C@H]1CCN(S(=O)(=O)c2ccc(F)cc2)C1. The number of rotatable bonds is 3. The van der Waals surface area contributed by atoms with Gasteiger partial charge < -0.3 is 5.73 Å². The minimum absolute atomic E-state index is 0.136. The third-order valence-corrected chi connectivity index (χ3v) is 4.91. The van der Waals surface area contributed by atoms with E-state index in [0.29, 0.717) is 19.6 Å². The third-order valence-electron chi connectivity index (χ3n) is 3.03. The Bertz CT molecular complexity index is 487. The van der Waals surface area contributed by atoms with Crippen LogP contribution < -0.4 is 5.73 Å². The number of hydrogen-bond acceptors (Lipinski definition) is 3. The number of halogens is 1. The van der Waals surface area contributed by atoms with Crippen LogP contribution in [0.5, 0.6) is 0 Å². The molecule has 2 rings (SSSR count). The Labute approximate surface area is 100 Å². The number of nitrogens with two attached hydrogens (primary N) is 1. The highest BCUT2D eigenvalue weighted by molar-refractivity contribution is 7.89. The van der Waals surface area contributed by atoms with Crippen LogP contribution in [0.25, 0.3) is 0 Å². The quantitative estimate of drug-likeness (QED) is 0.872. The van der Waals surface area contributed by atoms with Gasteiger partial charge in [0, 0.05) is 13.1 Å². The Hall–Kier alpha value is -0.980. The molecule has 0 radical (unpaired) electrons. The zero-order chi connectivity index (χ0) is 12.5. The summed E-state index contributed by atoms with van der Waals surface area (Å²) < 4.78 is 38.5. The van der Waals surface area contributed by atoms with Crippen molar-refractivity contribution in [3.05, 3.63) is 30.1 Å². The van der Waals surface area contributed by atoms with E-state index in [9.17, 15) is 12.8 Å². The minimum Gasteiger partial charge on any atom is -0.330 e. The Morgan fingerprint density at radius 2 is 2.00 bits per heavy atom. The first-order valence-electron chi connectivity index (χ1n) is 5.50. The van der Waals surface area contributed by atoms with Crippen molar-refractivity contribution in [3.63, 3.8) is 0 Å². The Morgan fingerprint density at radius 1 is 1.35 bits per heavy atom. The largest absolute Gasteiger partial charge is 0.330 e. The summed E-state index contributed by atoms with van der Waals surface area (Å²) in [7, 11) is -3.49. The van der Waals surface area contributed by atoms with E-state index >= 15 is 0 Å². The summed E-state index contributed by atoms with van der Waals surface area (Å²) in [4.78, 5) is 0.136. The maximum Gasteiger partial charge on any atom is 0.243 e. The predicted molar refractivity (Wildman–Crippen MR) is 62.3 cm³/mol. The first-order chi connectivity index (χ1) is 8.04. The van der Waals surface area contributed by atoms with Crippen molar-refractivity contribution in [3.8, 4) is 0 Å². The van der Waals surface area contributed by atoms with Gasteiger partial charge in [0.2, 0.25) is 10.0 Å². The summed E-state index contributed by atoms with van der Waals surface area (Å²) in [6, 6.07) is 4.90. The van der Waals surface area contributed by atoms with Crippen LogP contribution >= 0.6 is 0 Å². The first kappa shape index (κ1) is 12.5. The topological polar surface area (TPSA) is 63.4 Å². The van der Waals surface area contributed by atoms with E-state index in [4.69, 9.17) is 5.73 Å². The Kier molecular flexibility index (Phi) is 3.46. The fraction of sp³-hybridized carbons (Fsp3) is 0.455. The van der Waals surface area contributed by atoms with Crippen LogP contribution in [0.1, 0.15) is 6.42 Å². The van der Waals surface area contributed by atoms with E-state index in [2.05, 4.69) is 0 Å². The van der Waals surface area contributed by atoms with Crippen LogP contribution in [0.4, 0.5) is 4.39 Å². The zero-order valence-corrected chi connectivity index (χ0v) is 10.2. The minimum atomic E-state index is -3.49. The van der Waals surface area contributed by atoms with Gasteiger partial charge in [0.05, 0.1) is 4.90 Å². The molecule has 94 valence electrons. The number of benzene rings is 1. The normalized spacial score (nSPS) is 21.9. The second-order valence-corrected chi connectivity index (χ2v) is 6.15. The molecule has 0 saturated carbocycles. The van der Waals surface area contributed by atoms with Gasteiger partial charge in [-0.1, -0.05) is 0 Å². The molecule has 1 heterocycles. The van der Waals surface area contributed by atoms with Crippen LogP contribution in [0.3, 0.4) is 0 Å². The molecule has 2 N–H and O–H groups in total. The molecule has 0 bridgehead atoms. The molecule has 0 aliphatic carbocycles. The average molecular weight is 258 g/mol. The predicted octanol–water partition coefficient (Wildman–Crippen LogP) is 0.795. The van der Waals surface area contributed by atoms with E-state index in [1.807, 2.05) is 0 Å². The maximum absolute atomic E-state index is 12.7. The lowest BCUT2D eigenvalue weighted by molar-refractivity contribution is 0.459. The molecule has 17 heavy (non-hydrogen) atoms. The lowest BCUT2D eigenvalue weighted by atomic mass is 10.1. The molecular weight excluding hydrogens is 243 g/mol. The second kappa shape index (κ2) is 4.72. The van der Waals surface area contributed by atoms with Gasteiger partial charge >= 0.3 is 0 Å². The first-order valence-corrected chi connectivity index (χ1v) is 6.94. The van der Waals surface area contributed by atoms with Crippen LogP contribution in [-0.2, 0) is 10.0 Å². The lowest BCUT2D eigenvalue weighted by Gasteiger charge is -2.16. The van der Waals surface area contributed by atoms with E-state index in [0.717, 1.165) is 18.6 Å². The van der Waals surface area contributed by atoms with Gasteiger partial charge in [-0.25, -0.2) is 12.8 Å². The Balaban J connectivity index is 2.22. The summed E-state index contributed by atoms with van der Waals surface area (Å²) >= 11 is 0. The highest BCUT2D eigenvalue weighted by Gasteiger charge is 2.31. The van der Waals surface area contributed by atoms with Crippen molar-refractivity contribution in [2.45, 2.75) is 11.3 Å². The van der Waals surface area contributed by atoms with Crippen LogP contribution in [0.2, 0.25) is 0 Å². The fourth-order valence-electron chi connectivity index (χ4n) is 1.96. The zero-order valence-electron chi connectivity index (χ0n) is 9.34. The Morgan fingerprint density at radius 3 is 2.53 bits per heavy atom. The average Bonchev–Trinajstić information content (AvgIpc) is 2.78. The molecule has 0 unspecified atom stereocenters. The molecular formula is C11H15FN2O2S. The smallest absolute Gasteiger partial charge is 0.243 e. The number of sulfonamides is 1. The van der Waals surface area contributed by atoms with E-state index in [-0.39, 0.29) is 10.8 Å². The summed E-state index contributed by atoms with van der Waals surface area (Å²) in [5.74, 6) is -0.213. The van der Waals surface area contributed by atoms with E-state index in [1.54, 1.807) is 0 Å². The van der Waals surface area contributed by atoms with Gasteiger partial charge in [-0.3, -0.25) is 0 Å². The molecule has 0 spiro atoms. The van der Waals surface area contributed by atoms with Crippen molar-refractivity contribution in [2.75, 3.05) is 19.6 Å². The van der Waals surface area contributed by atoms with Crippen molar-refractivity contribution < 1.29 is 12.8 Å². The van der Waals surface area contributed by atoms with Gasteiger partial charge in [-0.05, 0) is 43.1 Å². The van der Waals surface area contributed by atoms with Crippen LogP contribution in [0.15, 0.2) is 29.2 Å². The van der Waals surface area contributed by atoms with Gasteiger partial charge in [0.1, 0.15) is 5.82 Å². The van der Waals surface area contributed by atoms with Gasteiger partial charge in [0.25, 0.3) is 0 Å². The molecule has 0 amide bonds. The molecule has 1 aliphatic rings. The van der Waals surface area contributed by atoms with Gasteiger partial charge in [-0.15, -0.1) is 0 Å². The van der Waals surface area contributed by atoms with Crippen molar-refractivity contribution >= 4 is 10.0 Å². The number of hydrogen-bond donors (Lipinski definition) is 1. The summed E-state index contributed by atoms with van der Waals surface area (Å²) in [5, 5.41) is 0. The standard InChI is InChI=1S/C11H15FN2O2S/c12-10-1-3-11(4-2-10)17(15,16)14-6-5-9(7-13)8-14/h1-4,9H,5-8,13H2/t9-/m1/s1. The summed E-state index contributed by atoms with van der Waals surface area (Å²) in [5.41, 5.74) is 5.53. The lowest BCUT2D eigenvalue weighted by Crippen LogP contribution is -2.30. The van der Waals surface area contributed by atoms with Crippen molar-refractivity contribution in [1.29, 1.82) is 0 Å². The second-order valence-electron chi connectivity index (χ2n) is 4.21. The van der Waals surface area contributed by atoms with E-state index < -0.39 is 15.8 Å². The molecule has 1 fully saturated rings. The maximum atomic E-state index is 12.7. The van der Waals surface area contributed by atoms with Crippen LogP contribution in [0, 0.1) is 11.7 Å². The highest BCUT2D eigenvalue weighted by Crippen LogP contribution is 2.23. The summed E-state index contributed by atoms with van der Waals surface area (Å²) in [6.45, 7) is 1.44. The molecule has 1 aromatic carbocycles. The highest BCUT2D eigenvalue weighted by atomic mass is 32.2. The van der Waals surface area contributed by atoms with E-state index in [1.165, 1.54) is 16.4 Å². The molecule has 1 saturated heterocycles. The third kappa shape index (κ3) is 2.48. The van der Waals surface area contributed by atoms with Crippen molar-refractivity contribution in [2.24, 2.45) is 11.7 Å². The van der Waals surface area contributed by atoms with Crippen LogP contribution in [-0.4, -0.2) is 32.4 Å². The molecule has 1 atom stereocenters. The van der Waals surface area contributed by atoms with Crippen molar-refractivity contribution in [1.82, 2.24) is 4.31 Å². The monoisotopic (exact) mass is 258 g/mol. The fourth-order valence-corrected chi connectivity index (χ4v) is 3.49. The summed E-state index contributed by atoms with van der Waals surface area (Å²) in [6.07, 6.45) is 0.789. The molecule has 6 heteroatoms. The molecule has 4 nitrogen and oxygen atoms in total. The van der Waals surface area contributed by atoms with Gasteiger partial charge in [0.15, 0.2) is 0 Å². The molecule has 1 aliphatic heterocycles. The number of nitrogens with zero attached hydrogens (tertiary/aromatic N) is 1. The van der Waals surface area contributed by atoms with Gasteiger partial charge in [-0.2, -0.15) is 4.31 Å². The molecule has 0 aromatic heterocycles. The molecule has 1 aromatic rings.